The number of benzene rings is 2. The first-order valence-corrected chi connectivity index (χ1v) is 8.90. The van der Waals surface area contributed by atoms with E-state index in [9.17, 15) is 9.59 Å². The molecule has 0 aliphatic heterocycles. The van der Waals surface area contributed by atoms with Gasteiger partial charge in [-0.1, -0.05) is 23.2 Å². The van der Waals surface area contributed by atoms with Gasteiger partial charge in [-0.2, -0.15) is 0 Å². The Morgan fingerprint density at radius 3 is 2.11 bits per heavy atom. The van der Waals surface area contributed by atoms with E-state index in [2.05, 4.69) is 15.6 Å². The monoisotopic (exact) mass is 402 g/mol. The molecule has 3 rings (SSSR count). The molecule has 0 bridgehead atoms. The zero-order valence-electron chi connectivity index (χ0n) is 14.2. The maximum atomic E-state index is 12.2. The van der Waals surface area contributed by atoms with Crippen LogP contribution in [-0.2, 0) is 0 Å². The maximum absolute atomic E-state index is 12.2. The molecule has 6 nitrogen and oxygen atoms in total. The average molecular weight is 403 g/mol. The van der Waals surface area contributed by atoms with Crippen molar-refractivity contribution in [2.75, 3.05) is 13.1 Å². The quantitative estimate of drug-likeness (QED) is 0.620. The van der Waals surface area contributed by atoms with Crippen LogP contribution in [0.4, 0.5) is 0 Å². The second kappa shape index (κ2) is 8.70. The normalized spacial score (nSPS) is 10.4. The minimum Gasteiger partial charge on any atom is -0.350 e. The lowest BCUT2D eigenvalue weighted by Crippen LogP contribution is -2.34. The van der Waals surface area contributed by atoms with Crippen LogP contribution >= 0.6 is 23.2 Å². The molecular weight excluding hydrogens is 387 g/mol. The summed E-state index contributed by atoms with van der Waals surface area (Å²) in [4.78, 5) is 28.2. The zero-order valence-corrected chi connectivity index (χ0v) is 15.7. The van der Waals surface area contributed by atoms with Gasteiger partial charge in [0.2, 0.25) is 0 Å². The van der Waals surface area contributed by atoms with Gasteiger partial charge in [-0.15, -0.1) is 0 Å². The fourth-order valence-corrected chi connectivity index (χ4v) is 2.69. The maximum Gasteiger partial charge on any atom is 0.251 e. The van der Waals surface area contributed by atoms with Crippen LogP contribution in [0.1, 0.15) is 20.7 Å². The van der Waals surface area contributed by atoms with Crippen molar-refractivity contribution >= 4 is 35.0 Å². The molecule has 0 spiro atoms. The highest BCUT2D eigenvalue weighted by Gasteiger charge is 2.09. The smallest absolute Gasteiger partial charge is 0.251 e. The third kappa shape index (κ3) is 4.87. The molecule has 0 unspecified atom stereocenters. The van der Waals surface area contributed by atoms with Crippen molar-refractivity contribution in [3.8, 4) is 5.69 Å². The number of aromatic nitrogens is 2. The van der Waals surface area contributed by atoms with Crippen LogP contribution in [0.5, 0.6) is 0 Å². The fourth-order valence-electron chi connectivity index (χ4n) is 2.39. The van der Waals surface area contributed by atoms with Crippen molar-refractivity contribution < 1.29 is 9.59 Å². The summed E-state index contributed by atoms with van der Waals surface area (Å²) in [6, 6.07) is 11.8. The Labute approximate surface area is 166 Å². The number of hydrogen-bond acceptors (Lipinski definition) is 3. The van der Waals surface area contributed by atoms with Gasteiger partial charge in [0, 0.05) is 42.3 Å². The molecule has 27 heavy (non-hydrogen) atoms. The van der Waals surface area contributed by atoms with Crippen molar-refractivity contribution in [1.29, 1.82) is 0 Å². The highest BCUT2D eigenvalue weighted by atomic mass is 35.5. The molecule has 2 aromatic carbocycles. The lowest BCUT2D eigenvalue weighted by molar-refractivity contribution is 0.0927. The first kappa shape index (κ1) is 18.9. The van der Waals surface area contributed by atoms with Gasteiger partial charge in [0.25, 0.3) is 11.8 Å². The van der Waals surface area contributed by atoms with Gasteiger partial charge < -0.3 is 15.2 Å². The Kier molecular flexibility index (Phi) is 6.11. The number of amides is 2. The number of carbonyl (C=O) groups is 2. The van der Waals surface area contributed by atoms with Gasteiger partial charge in [0.15, 0.2) is 0 Å². The van der Waals surface area contributed by atoms with E-state index in [0.717, 1.165) is 5.69 Å². The highest BCUT2D eigenvalue weighted by Crippen LogP contribution is 2.22. The van der Waals surface area contributed by atoms with E-state index in [1.54, 1.807) is 36.8 Å². The number of imidazole rings is 1. The Morgan fingerprint density at radius 1 is 0.889 bits per heavy atom. The zero-order chi connectivity index (χ0) is 19.2. The molecule has 2 N–H and O–H groups in total. The van der Waals surface area contributed by atoms with Crippen LogP contribution in [0.2, 0.25) is 10.0 Å². The molecule has 0 aliphatic rings. The first-order valence-electron chi connectivity index (χ1n) is 8.14. The van der Waals surface area contributed by atoms with E-state index >= 15 is 0 Å². The van der Waals surface area contributed by atoms with Crippen LogP contribution in [0.25, 0.3) is 5.69 Å². The molecule has 0 aliphatic carbocycles. The van der Waals surface area contributed by atoms with Gasteiger partial charge in [0.05, 0.1) is 16.4 Å². The van der Waals surface area contributed by atoms with Gasteiger partial charge in [-0.05, 0) is 42.5 Å². The van der Waals surface area contributed by atoms with Gasteiger partial charge in [-0.25, -0.2) is 4.98 Å². The summed E-state index contributed by atoms with van der Waals surface area (Å²) in [6.07, 6.45) is 5.20. The molecule has 0 atom stereocenters. The van der Waals surface area contributed by atoms with E-state index in [0.29, 0.717) is 27.7 Å². The van der Waals surface area contributed by atoms with E-state index in [1.165, 1.54) is 6.07 Å². The molecule has 0 fully saturated rings. The summed E-state index contributed by atoms with van der Waals surface area (Å²) < 4.78 is 1.85. The predicted molar refractivity (Wildman–Crippen MR) is 105 cm³/mol. The molecule has 3 aromatic rings. The van der Waals surface area contributed by atoms with Gasteiger partial charge in [0.1, 0.15) is 0 Å². The van der Waals surface area contributed by atoms with E-state index in [4.69, 9.17) is 23.2 Å². The van der Waals surface area contributed by atoms with E-state index < -0.39 is 0 Å². The second-order valence-electron chi connectivity index (χ2n) is 5.66. The molecule has 0 saturated carbocycles. The lowest BCUT2D eigenvalue weighted by Gasteiger charge is -2.08. The molecule has 0 radical (unpaired) electrons. The summed E-state index contributed by atoms with van der Waals surface area (Å²) in [5.41, 5.74) is 1.86. The average Bonchev–Trinajstić information content (AvgIpc) is 3.22. The van der Waals surface area contributed by atoms with Crippen molar-refractivity contribution in [3.05, 3.63) is 82.4 Å². The van der Waals surface area contributed by atoms with Crippen LogP contribution < -0.4 is 10.6 Å². The number of nitrogens with zero attached hydrogens (tertiary/aromatic N) is 2. The SMILES string of the molecule is O=C(NCCNC(=O)c1ccc(Cl)c(Cl)c1)c1ccc(-n2ccnc2)cc1. The molecule has 138 valence electrons. The van der Waals surface area contributed by atoms with Crippen molar-refractivity contribution in [2.45, 2.75) is 0 Å². The van der Waals surface area contributed by atoms with Crippen molar-refractivity contribution in [3.63, 3.8) is 0 Å². The Bertz CT molecular complexity index is 941. The molecule has 0 saturated heterocycles. The lowest BCUT2D eigenvalue weighted by atomic mass is 10.2. The first-order chi connectivity index (χ1) is 13.0. The minimum atomic E-state index is -0.285. The van der Waals surface area contributed by atoms with E-state index in [1.807, 2.05) is 22.9 Å². The third-order valence-electron chi connectivity index (χ3n) is 3.81. The number of halogens is 2. The summed E-state index contributed by atoms with van der Waals surface area (Å²) >= 11 is 11.7. The third-order valence-corrected chi connectivity index (χ3v) is 4.55. The van der Waals surface area contributed by atoms with Crippen molar-refractivity contribution in [2.24, 2.45) is 0 Å². The standard InChI is InChI=1S/C19H16Cl2N4O2/c20-16-6-3-14(11-17(16)21)19(27)24-8-7-23-18(26)13-1-4-15(5-2-13)25-10-9-22-12-25/h1-6,9-12H,7-8H2,(H,23,26)(H,24,27). The minimum absolute atomic E-state index is 0.212. The largest absolute Gasteiger partial charge is 0.350 e. The summed E-state index contributed by atoms with van der Waals surface area (Å²) in [7, 11) is 0. The van der Waals surface area contributed by atoms with E-state index in [-0.39, 0.29) is 18.4 Å². The fraction of sp³-hybridized carbons (Fsp3) is 0.105. The number of carbonyl (C=O) groups excluding carboxylic acids is 2. The van der Waals surface area contributed by atoms with Crippen molar-refractivity contribution in [1.82, 2.24) is 20.2 Å². The second-order valence-corrected chi connectivity index (χ2v) is 6.47. The Morgan fingerprint density at radius 2 is 1.52 bits per heavy atom. The molecule has 1 aromatic heterocycles. The summed E-state index contributed by atoms with van der Waals surface area (Å²) in [5.74, 6) is -0.497. The molecular formula is C19H16Cl2N4O2. The number of hydrogen-bond donors (Lipinski definition) is 2. The van der Waals surface area contributed by atoms with Crippen LogP contribution in [0, 0.1) is 0 Å². The van der Waals surface area contributed by atoms with Crippen LogP contribution in [0.3, 0.4) is 0 Å². The Hall–Kier alpha value is -2.83. The van der Waals surface area contributed by atoms with Crippen LogP contribution in [-0.4, -0.2) is 34.5 Å². The molecule has 1 heterocycles. The number of rotatable bonds is 6. The topological polar surface area (TPSA) is 76.0 Å². The van der Waals surface area contributed by atoms with Gasteiger partial charge >= 0.3 is 0 Å². The van der Waals surface area contributed by atoms with Gasteiger partial charge in [-0.3, -0.25) is 9.59 Å². The number of nitrogens with one attached hydrogen (secondary N) is 2. The molecule has 8 heteroatoms. The van der Waals surface area contributed by atoms with Crippen LogP contribution in [0.15, 0.2) is 61.2 Å². The summed E-state index contributed by atoms with van der Waals surface area (Å²) in [5, 5.41) is 6.18. The Balaban J connectivity index is 1.46. The molecule has 2 amide bonds. The summed E-state index contributed by atoms with van der Waals surface area (Å²) in [6.45, 7) is 0.590. The highest BCUT2D eigenvalue weighted by molar-refractivity contribution is 6.42. The predicted octanol–water partition coefficient (Wildman–Crippen LogP) is 3.34.